The Labute approximate surface area is 71.7 Å². The van der Waals surface area contributed by atoms with Crippen LogP contribution in [0.5, 0.6) is 5.75 Å². The van der Waals surface area contributed by atoms with Gasteiger partial charge in [-0.3, -0.25) is 0 Å². The molecule has 2 heteroatoms. The molecule has 0 radical (unpaired) electrons. The number of nitriles is 1. The average molecular weight is 159 g/mol. The van der Waals surface area contributed by atoms with Gasteiger partial charge in [0.25, 0.3) is 0 Å². The molecule has 0 fully saturated rings. The molecule has 0 spiro atoms. The number of hydrogen-bond donors (Lipinski definition) is 0. The normalized spacial score (nSPS) is 9.67. The van der Waals surface area contributed by atoms with Gasteiger partial charge in [-0.25, -0.2) is 0 Å². The molecule has 1 aromatic carbocycles. The highest BCUT2D eigenvalue weighted by Gasteiger charge is 1.88. The highest BCUT2D eigenvalue weighted by atomic mass is 16.5. The molecular weight excluding hydrogens is 150 g/mol. The quantitative estimate of drug-likeness (QED) is 0.620. The Morgan fingerprint density at radius 2 is 2.00 bits per heavy atom. The molecule has 1 aromatic rings. The summed E-state index contributed by atoms with van der Waals surface area (Å²) in [5.41, 5.74) is 0.998. The third kappa shape index (κ3) is 2.14. The number of hydrogen-bond acceptors (Lipinski definition) is 2. The van der Waals surface area contributed by atoms with Crippen LogP contribution in [-0.4, -0.2) is 7.11 Å². The summed E-state index contributed by atoms with van der Waals surface area (Å²) < 4.78 is 4.98. The maximum atomic E-state index is 8.27. The Morgan fingerprint density at radius 3 is 2.50 bits per heavy atom. The minimum Gasteiger partial charge on any atom is -0.497 e. The SMILES string of the molecule is COc1ccc(/C=C\C#N)cc1. The molecule has 0 aliphatic carbocycles. The molecule has 0 aliphatic heterocycles. The van der Waals surface area contributed by atoms with E-state index in [0.717, 1.165) is 11.3 Å². The van der Waals surface area contributed by atoms with E-state index in [1.54, 1.807) is 13.2 Å². The van der Waals surface area contributed by atoms with Gasteiger partial charge in [-0.05, 0) is 23.8 Å². The first-order valence-corrected chi connectivity index (χ1v) is 3.57. The molecule has 0 aliphatic rings. The number of benzene rings is 1. The molecule has 0 saturated heterocycles. The number of ether oxygens (including phenoxy) is 1. The standard InChI is InChI=1S/C10H9NO/c1-12-10-6-4-9(5-7-10)3-2-8-11/h2-7H,1H3/b3-2-. The highest BCUT2D eigenvalue weighted by Crippen LogP contribution is 2.11. The van der Waals surface area contributed by atoms with Crippen LogP contribution in [0, 0.1) is 11.3 Å². The predicted molar refractivity (Wildman–Crippen MR) is 47.6 cm³/mol. The minimum atomic E-state index is 0.823. The minimum absolute atomic E-state index is 0.823. The van der Waals surface area contributed by atoms with Gasteiger partial charge in [0.1, 0.15) is 5.75 Å². The second kappa shape index (κ2) is 4.20. The maximum absolute atomic E-state index is 8.27. The largest absolute Gasteiger partial charge is 0.497 e. The fourth-order valence-electron chi connectivity index (χ4n) is 0.849. The average Bonchev–Trinajstić information content (AvgIpc) is 2.15. The first-order chi connectivity index (χ1) is 5.86. The van der Waals surface area contributed by atoms with Gasteiger partial charge in [0, 0.05) is 6.08 Å². The van der Waals surface area contributed by atoms with Crippen molar-refractivity contribution in [2.75, 3.05) is 7.11 Å². The summed E-state index contributed by atoms with van der Waals surface area (Å²) >= 11 is 0. The number of rotatable bonds is 2. The summed E-state index contributed by atoms with van der Waals surface area (Å²) in [6.45, 7) is 0. The zero-order chi connectivity index (χ0) is 8.81. The van der Waals surface area contributed by atoms with Crippen LogP contribution < -0.4 is 4.74 Å². The summed E-state index contributed by atoms with van der Waals surface area (Å²) in [5, 5.41) is 8.27. The molecule has 1 rings (SSSR count). The summed E-state index contributed by atoms with van der Waals surface area (Å²) in [6, 6.07) is 9.44. The zero-order valence-corrected chi connectivity index (χ0v) is 6.82. The van der Waals surface area contributed by atoms with Crippen molar-refractivity contribution in [1.82, 2.24) is 0 Å². The van der Waals surface area contributed by atoms with Crippen molar-refractivity contribution < 1.29 is 4.74 Å². The van der Waals surface area contributed by atoms with E-state index < -0.39 is 0 Å². The summed E-state index contributed by atoms with van der Waals surface area (Å²) in [6.07, 6.45) is 3.20. The number of allylic oxidation sites excluding steroid dienone is 1. The molecule has 12 heavy (non-hydrogen) atoms. The number of nitrogens with zero attached hydrogens (tertiary/aromatic N) is 1. The molecule has 0 bridgehead atoms. The van der Waals surface area contributed by atoms with Crippen molar-refractivity contribution in [3.05, 3.63) is 35.9 Å². The van der Waals surface area contributed by atoms with Crippen molar-refractivity contribution in [3.8, 4) is 11.8 Å². The van der Waals surface area contributed by atoms with E-state index in [1.807, 2.05) is 30.3 Å². The Hall–Kier alpha value is -1.75. The van der Waals surface area contributed by atoms with Gasteiger partial charge in [-0.15, -0.1) is 0 Å². The van der Waals surface area contributed by atoms with Crippen LogP contribution in [0.2, 0.25) is 0 Å². The van der Waals surface area contributed by atoms with Gasteiger partial charge in [-0.1, -0.05) is 12.1 Å². The van der Waals surface area contributed by atoms with E-state index in [4.69, 9.17) is 10.00 Å². The molecule has 0 saturated carbocycles. The second-order valence-corrected chi connectivity index (χ2v) is 2.24. The van der Waals surface area contributed by atoms with Gasteiger partial charge >= 0.3 is 0 Å². The van der Waals surface area contributed by atoms with Crippen molar-refractivity contribution in [3.63, 3.8) is 0 Å². The van der Waals surface area contributed by atoms with Crippen LogP contribution in [0.1, 0.15) is 5.56 Å². The summed E-state index contributed by atoms with van der Waals surface area (Å²) in [5.74, 6) is 0.823. The lowest BCUT2D eigenvalue weighted by atomic mass is 10.2. The smallest absolute Gasteiger partial charge is 0.118 e. The van der Waals surface area contributed by atoms with Crippen LogP contribution >= 0.6 is 0 Å². The molecular formula is C10H9NO. The van der Waals surface area contributed by atoms with Crippen molar-refractivity contribution in [1.29, 1.82) is 5.26 Å². The molecule has 0 aromatic heterocycles. The third-order valence-electron chi connectivity index (χ3n) is 1.47. The molecule has 0 unspecified atom stereocenters. The second-order valence-electron chi connectivity index (χ2n) is 2.24. The van der Waals surface area contributed by atoms with E-state index in [9.17, 15) is 0 Å². The van der Waals surface area contributed by atoms with Crippen molar-refractivity contribution in [2.24, 2.45) is 0 Å². The highest BCUT2D eigenvalue weighted by molar-refractivity contribution is 5.52. The fourth-order valence-corrected chi connectivity index (χ4v) is 0.849. The molecule has 0 amide bonds. The van der Waals surface area contributed by atoms with Gasteiger partial charge in [0.05, 0.1) is 13.2 Å². The molecule has 0 atom stereocenters. The topological polar surface area (TPSA) is 33.0 Å². The van der Waals surface area contributed by atoms with Crippen molar-refractivity contribution in [2.45, 2.75) is 0 Å². The van der Waals surface area contributed by atoms with Gasteiger partial charge in [-0.2, -0.15) is 5.26 Å². The van der Waals surface area contributed by atoms with Gasteiger partial charge < -0.3 is 4.74 Å². The first kappa shape index (κ1) is 8.35. The van der Waals surface area contributed by atoms with Crippen LogP contribution in [0.4, 0.5) is 0 Å². The first-order valence-electron chi connectivity index (χ1n) is 3.57. The monoisotopic (exact) mass is 159 g/mol. The van der Waals surface area contributed by atoms with E-state index >= 15 is 0 Å². The lowest BCUT2D eigenvalue weighted by Crippen LogP contribution is -1.81. The predicted octanol–water partition coefficient (Wildman–Crippen LogP) is 2.23. The summed E-state index contributed by atoms with van der Waals surface area (Å²) in [7, 11) is 1.63. The molecule has 0 N–H and O–H groups in total. The molecule has 2 nitrogen and oxygen atoms in total. The lowest BCUT2D eigenvalue weighted by molar-refractivity contribution is 0.415. The van der Waals surface area contributed by atoms with Crippen LogP contribution in [0.15, 0.2) is 30.3 Å². The molecule has 0 heterocycles. The van der Waals surface area contributed by atoms with Crippen LogP contribution in [-0.2, 0) is 0 Å². The van der Waals surface area contributed by atoms with Crippen LogP contribution in [0.3, 0.4) is 0 Å². The van der Waals surface area contributed by atoms with E-state index in [-0.39, 0.29) is 0 Å². The van der Waals surface area contributed by atoms with E-state index in [0.29, 0.717) is 0 Å². The zero-order valence-electron chi connectivity index (χ0n) is 6.82. The van der Waals surface area contributed by atoms with Gasteiger partial charge in [0.2, 0.25) is 0 Å². The Kier molecular flexibility index (Phi) is 2.92. The Bertz CT molecular complexity index is 306. The van der Waals surface area contributed by atoms with E-state index in [1.165, 1.54) is 6.08 Å². The maximum Gasteiger partial charge on any atom is 0.118 e. The van der Waals surface area contributed by atoms with E-state index in [2.05, 4.69) is 0 Å². The van der Waals surface area contributed by atoms with Crippen LogP contribution in [0.25, 0.3) is 6.08 Å². The molecule has 60 valence electrons. The summed E-state index contributed by atoms with van der Waals surface area (Å²) in [4.78, 5) is 0. The third-order valence-corrected chi connectivity index (χ3v) is 1.47. The number of methoxy groups -OCH3 is 1. The van der Waals surface area contributed by atoms with Crippen molar-refractivity contribution >= 4 is 6.08 Å². The van der Waals surface area contributed by atoms with Gasteiger partial charge in [0.15, 0.2) is 0 Å². The Morgan fingerprint density at radius 1 is 1.33 bits per heavy atom. The fraction of sp³-hybridized carbons (Fsp3) is 0.100. The lowest BCUT2D eigenvalue weighted by Gasteiger charge is -1.97. The Balaban J connectivity index is 2.79.